The van der Waals surface area contributed by atoms with Crippen molar-refractivity contribution in [2.45, 2.75) is 12.8 Å². The second kappa shape index (κ2) is 3.33. The van der Waals surface area contributed by atoms with E-state index in [9.17, 15) is 14.9 Å². The summed E-state index contributed by atoms with van der Waals surface area (Å²) in [6.45, 7) is 0.615. The summed E-state index contributed by atoms with van der Waals surface area (Å²) in [5.41, 5.74) is 0. The molecule has 0 spiro atoms. The van der Waals surface area contributed by atoms with Crippen LogP contribution in [0.3, 0.4) is 0 Å². The van der Waals surface area contributed by atoms with Crippen molar-refractivity contribution in [2.24, 2.45) is 0 Å². The summed E-state index contributed by atoms with van der Waals surface area (Å²) in [5.74, 6) is -0.00533. The van der Waals surface area contributed by atoms with E-state index in [2.05, 4.69) is 4.98 Å². The van der Waals surface area contributed by atoms with Gasteiger partial charge in [0.1, 0.15) is 6.20 Å². The van der Waals surface area contributed by atoms with Gasteiger partial charge in [0.25, 0.3) is 0 Å². The molecule has 0 N–H and O–H groups in total. The molecule has 1 aromatic rings. The highest BCUT2D eigenvalue weighted by molar-refractivity contribution is 7.18. The molecule has 1 fully saturated rings. The minimum Gasteiger partial charge on any atom is -0.288 e. The molecule has 1 aromatic heterocycles. The number of hydrogen-bond acceptors (Lipinski definition) is 5. The molecule has 6 nitrogen and oxygen atoms in total. The Morgan fingerprint density at radius 1 is 1.64 bits per heavy atom. The van der Waals surface area contributed by atoms with Gasteiger partial charge in [0.15, 0.2) is 5.13 Å². The monoisotopic (exact) mass is 213 g/mol. The van der Waals surface area contributed by atoms with E-state index in [1.807, 2.05) is 0 Å². The van der Waals surface area contributed by atoms with Crippen molar-refractivity contribution in [3.8, 4) is 0 Å². The Kier molecular flexibility index (Phi) is 2.16. The van der Waals surface area contributed by atoms with Gasteiger partial charge < -0.3 is 0 Å². The van der Waals surface area contributed by atoms with Crippen molar-refractivity contribution in [3.63, 3.8) is 0 Å². The van der Waals surface area contributed by atoms with Crippen LogP contribution in [0.15, 0.2) is 6.20 Å². The van der Waals surface area contributed by atoms with Gasteiger partial charge in [-0.2, -0.15) is 0 Å². The standard InChI is InChI=1S/C7H7N3O3S/c11-5-2-1-3-9(5)7-8-4-6(14-7)10(12)13/h4H,1-3H2. The van der Waals surface area contributed by atoms with Crippen LogP contribution >= 0.6 is 11.3 Å². The van der Waals surface area contributed by atoms with Crippen LogP contribution in [0.5, 0.6) is 0 Å². The number of nitrogens with zero attached hydrogens (tertiary/aromatic N) is 3. The number of thiazole rings is 1. The molecule has 0 aromatic carbocycles. The fourth-order valence-electron chi connectivity index (χ4n) is 1.32. The molecule has 7 heteroatoms. The Morgan fingerprint density at radius 2 is 2.43 bits per heavy atom. The summed E-state index contributed by atoms with van der Waals surface area (Å²) in [4.78, 5) is 26.5. The smallest absolute Gasteiger partial charge is 0.288 e. The third kappa shape index (κ3) is 1.46. The molecule has 1 amide bonds. The van der Waals surface area contributed by atoms with E-state index < -0.39 is 4.92 Å². The minimum atomic E-state index is -0.498. The van der Waals surface area contributed by atoms with E-state index in [-0.39, 0.29) is 10.9 Å². The molecule has 1 aliphatic rings. The van der Waals surface area contributed by atoms with E-state index in [0.29, 0.717) is 18.1 Å². The zero-order valence-electron chi connectivity index (χ0n) is 7.17. The van der Waals surface area contributed by atoms with Crippen LogP contribution in [0.2, 0.25) is 0 Å². The van der Waals surface area contributed by atoms with Gasteiger partial charge in [-0.1, -0.05) is 0 Å². The lowest BCUT2D eigenvalue weighted by molar-refractivity contribution is -0.380. The van der Waals surface area contributed by atoms with Gasteiger partial charge in [-0.15, -0.1) is 0 Å². The first-order valence-electron chi connectivity index (χ1n) is 4.09. The zero-order chi connectivity index (χ0) is 10.1. The van der Waals surface area contributed by atoms with Crippen LogP contribution in [0, 0.1) is 10.1 Å². The van der Waals surface area contributed by atoms with Gasteiger partial charge in [-0.05, 0) is 17.8 Å². The average molecular weight is 213 g/mol. The Balaban J connectivity index is 2.24. The normalized spacial score (nSPS) is 16.3. The van der Waals surface area contributed by atoms with Crippen molar-refractivity contribution in [3.05, 3.63) is 16.3 Å². The van der Waals surface area contributed by atoms with Crippen LogP contribution in [0.4, 0.5) is 10.1 Å². The van der Waals surface area contributed by atoms with Crippen LogP contribution < -0.4 is 4.90 Å². The predicted molar refractivity (Wildman–Crippen MR) is 50.4 cm³/mol. The van der Waals surface area contributed by atoms with Crippen LogP contribution in [0.1, 0.15) is 12.8 Å². The van der Waals surface area contributed by atoms with E-state index in [0.717, 1.165) is 17.8 Å². The number of carbonyl (C=O) groups is 1. The largest absolute Gasteiger partial charge is 0.345 e. The molecule has 2 rings (SSSR count). The summed E-state index contributed by atoms with van der Waals surface area (Å²) in [6.07, 6.45) is 2.49. The lowest BCUT2D eigenvalue weighted by Crippen LogP contribution is -2.23. The maximum atomic E-state index is 11.3. The van der Waals surface area contributed by atoms with Crippen LogP contribution in [0.25, 0.3) is 0 Å². The van der Waals surface area contributed by atoms with Gasteiger partial charge in [-0.25, -0.2) is 4.98 Å². The summed E-state index contributed by atoms with van der Waals surface area (Å²) in [5, 5.41) is 10.8. The van der Waals surface area contributed by atoms with E-state index >= 15 is 0 Å². The Bertz CT molecular complexity index is 389. The van der Waals surface area contributed by atoms with Gasteiger partial charge in [0, 0.05) is 13.0 Å². The summed E-state index contributed by atoms with van der Waals surface area (Å²) in [7, 11) is 0. The number of hydrogen-bond donors (Lipinski definition) is 0. The Morgan fingerprint density at radius 3 is 2.93 bits per heavy atom. The highest BCUT2D eigenvalue weighted by atomic mass is 32.1. The number of carbonyl (C=O) groups excluding carboxylic acids is 1. The quantitative estimate of drug-likeness (QED) is 0.546. The van der Waals surface area contributed by atoms with Gasteiger partial charge in [0.2, 0.25) is 5.91 Å². The number of rotatable bonds is 2. The Hall–Kier alpha value is -1.50. The second-order valence-corrected chi connectivity index (χ2v) is 3.87. The number of anilines is 1. The highest BCUT2D eigenvalue weighted by Crippen LogP contribution is 2.30. The van der Waals surface area contributed by atoms with Crippen LogP contribution in [-0.4, -0.2) is 22.4 Å². The lowest BCUT2D eigenvalue weighted by Gasteiger charge is -2.09. The van der Waals surface area contributed by atoms with Crippen LogP contribution in [-0.2, 0) is 4.79 Å². The first kappa shape index (κ1) is 9.07. The lowest BCUT2D eigenvalue weighted by atomic mass is 10.4. The average Bonchev–Trinajstić information content (AvgIpc) is 2.71. The molecule has 0 atom stereocenters. The third-order valence-electron chi connectivity index (χ3n) is 1.97. The molecule has 0 radical (unpaired) electrons. The fourth-order valence-corrected chi connectivity index (χ4v) is 2.09. The molecular weight excluding hydrogens is 206 g/mol. The van der Waals surface area contributed by atoms with Crippen molar-refractivity contribution in [2.75, 3.05) is 11.4 Å². The zero-order valence-corrected chi connectivity index (χ0v) is 7.99. The molecule has 74 valence electrons. The maximum Gasteiger partial charge on any atom is 0.345 e. The summed E-state index contributed by atoms with van der Waals surface area (Å²) >= 11 is 0.937. The van der Waals surface area contributed by atoms with Crippen molar-refractivity contribution in [1.29, 1.82) is 0 Å². The van der Waals surface area contributed by atoms with E-state index in [1.54, 1.807) is 0 Å². The summed E-state index contributed by atoms with van der Waals surface area (Å²) < 4.78 is 0. The SMILES string of the molecule is O=C1CCCN1c1ncc([N+](=O)[O-])s1. The molecule has 1 saturated heterocycles. The molecule has 0 saturated carbocycles. The van der Waals surface area contributed by atoms with Crippen molar-refractivity contribution < 1.29 is 9.72 Å². The van der Waals surface area contributed by atoms with E-state index in [1.165, 1.54) is 11.1 Å². The molecule has 0 unspecified atom stereocenters. The van der Waals surface area contributed by atoms with Crippen molar-refractivity contribution in [1.82, 2.24) is 4.98 Å². The maximum absolute atomic E-state index is 11.3. The predicted octanol–water partition coefficient (Wildman–Crippen LogP) is 1.18. The third-order valence-corrected chi connectivity index (χ3v) is 2.94. The molecular formula is C7H7N3O3S. The first-order valence-corrected chi connectivity index (χ1v) is 4.91. The van der Waals surface area contributed by atoms with E-state index in [4.69, 9.17) is 0 Å². The van der Waals surface area contributed by atoms with Gasteiger partial charge >= 0.3 is 5.00 Å². The first-order chi connectivity index (χ1) is 6.68. The number of aromatic nitrogens is 1. The topological polar surface area (TPSA) is 76.3 Å². The van der Waals surface area contributed by atoms with Gasteiger partial charge in [0.05, 0.1) is 4.92 Å². The molecule has 0 bridgehead atoms. The Labute approximate surface area is 83.3 Å². The molecule has 2 heterocycles. The second-order valence-electron chi connectivity index (χ2n) is 2.89. The number of nitro groups is 1. The fraction of sp³-hybridized carbons (Fsp3) is 0.429. The molecule has 0 aliphatic carbocycles. The summed E-state index contributed by atoms with van der Waals surface area (Å²) in [6, 6.07) is 0. The number of amides is 1. The van der Waals surface area contributed by atoms with Gasteiger partial charge in [-0.3, -0.25) is 19.8 Å². The minimum absolute atomic E-state index is 0.00533. The van der Waals surface area contributed by atoms with Crippen molar-refractivity contribution >= 4 is 27.4 Å². The molecule has 14 heavy (non-hydrogen) atoms. The highest BCUT2D eigenvalue weighted by Gasteiger charge is 2.25. The molecule has 1 aliphatic heterocycles.